The second kappa shape index (κ2) is 5.38. The molecule has 0 saturated carbocycles. The van der Waals surface area contributed by atoms with Gasteiger partial charge in [0.25, 0.3) is 0 Å². The van der Waals surface area contributed by atoms with Crippen LogP contribution in [0, 0.1) is 6.92 Å². The molecule has 0 radical (unpaired) electrons. The van der Waals surface area contributed by atoms with E-state index in [0.717, 1.165) is 26.1 Å². The molecule has 0 aliphatic carbocycles. The first-order valence-corrected chi connectivity index (χ1v) is 6.88. The zero-order valence-electron chi connectivity index (χ0n) is 8.97. The Morgan fingerprint density at radius 1 is 1.12 bits per heavy atom. The van der Waals surface area contributed by atoms with Gasteiger partial charge in [0.1, 0.15) is 5.82 Å². The Morgan fingerprint density at radius 2 is 1.88 bits per heavy atom. The summed E-state index contributed by atoms with van der Waals surface area (Å²) in [5.74, 6) is 0.805. The number of hydrogen-bond donors (Lipinski definition) is 1. The normalized spacial score (nSPS) is 10.4. The zero-order chi connectivity index (χ0) is 12.4. The summed E-state index contributed by atoms with van der Waals surface area (Å²) in [7, 11) is 0. The van der Waals surface area contributed by atoms with Crippen molar-refractivity contribution in [2.75, 3.05) is 5.32 Å². The number of halogens is 3. The highest BCUT2D eigenvalue weighted by molar-refractivity contribution is 9.10. The van der Waals surface area contributed by atoms with E-state index in [9.17, 15) is 0 Å². The third-order valence-electron chi connectivity index (χ3n) is 2.21. The lowest BCUT2D eigenvalue weighted by Gasteiger charge is -2.08. The molecular weight excluding hydrogens is 367 g/mol. The fourth-order valence-electron chi connectivity index (χ4n) is 1.34. The molecule has 0 aliphatic heterocycles. The predicted octanol–water partition coefficient (Wildman–Crippen LogP) is 5.31. The summed E-state index contributed by atoms with van der Waals surface area (Å²) in [6, 6.07) is 9.54. The Hall–Kier alpha value is -0.580. The Morgan fingerprint density at radius 3 is 2.53 bits per heavy atom. The lowest BCUT2D eigenvalue weighted by Crippen LogP contribution is -1.95. The summed E-state index contributed by atoms with van der Waals surface area (Å²) in [5.41, 5.74) is 1.89. The molecule has 1 aromatic heterocycles. The van der Waals surface area contributed by atoms with Crippen LogP contribution in [0.3, 0.4) is 0 Å². The van der Waals surface area contributed by atoms with Crippen molar-refractivity contribution in [1.29, 1.82) is 0 Å². The fraction of sp³-hybridized carbons (Fsp3) is 0.0833. The average Bonchev–Trinajstić information content (AvgIpc) is 2.29. The molecule has 0 unspecified atom stereocenters. The molecule has 0 amide bonds. The monoisotopic (exact) mass is 374 g/mol. The van der Waals surface area contributed by atoms with E-state index in [2.05, 4.69) is 42.2 Å². The Kier molecular flexibility index (Phi) is 4.07. The third kappa shape index (κ3) is 3.21. The van der Waals surface area contributed by atoms with Crippen molar-refractivity contribution in [3.05, 3.63) is 50.0 Å². The first-order valence-electron chi connectivity index (χ1n) is 4.91. The van der Waals surface area contributed by atoms with E-state index in [4.69, 9.17) is 11.6 Å². The smallest absolute Gasteiger partial charge is 0.130 e. The molecule has 0 aliphatic rings. The van der Waals surface area contributed by atoms with Gasteiger partial charge in [-0.25, -0.2) is 4.98 Å². The van der Waals surface area contributed by atoms with Crippen molar-refractivity contribution in [1.82, 2.24) is 4.98 Å². The highest BCUT2D eigenvalue weighted by Crippen LogP contribution is 2.27. The molecule has 2 rings (SSSR count). The molecule has 1 aromatic carbocycles. The Balaban J connectivity index is 2.25. The summed E-state index contributed by atoms with van der Waals surface area (Å²) >= 11 is 12.7. The van der Waals surface area contributed by atoms with E-state index >= 15 is 0 Å². The highest BCUT2D eigenvalue weighted by atomic mass is 79.9. The lowest BCUT2D eigenvalue weighted by atomic mass is 10.3. The number of pyridine rings is 1. The number of rotatable bonds is 2. The topological polar surface area (TPSA) is 24.9 Å². The van der Waals surface area contributed by atoms with E-state index < -0.39 is 0 Å². The van der Waals surface area contributed by atoms with Crippen LogP contribution in [0.4, 0.5) is 11.5 Å². The fourth-order valence-corrected chi connectivity index (χ4v) is 2.05. The number of hydrogen-bond acceptors (Lipinski definition) is 2. The third-order valence-corrected chi connectivity index (χ3v) is 4.27. The van der Waals surface area contributed by atoms with Crippen LogP contribution < -0.4 is 5.32 Å². The maximum atomic E-state index is 5.93. The van der Waals surface area contributed by atoms with Gasteiger partial charge in [0.2, 0.25) is 0 Å². The van der Waals surface area contributed by atoms with Gasteiger partial charge in [0.15, 0.2) is 0 Å². The molecule has 5 heteroatoms. The second-order valence-electron chi connectivity index (χ2n) is 3.52. The summed E-state index contributed by atoms with van der Waals surface area (Å²) in [6.45, 7) is 1.95. The van der Waals surface area contributed by atoms with Crippen LogP contribution in [0.15, 0.2) is 39.3 Å². The Bertz CT molecular complexity index is 509. The quantitative estimate of drug-likeness (QED) is 0.768. The molecule has 88 valence electrons. The van der Waals surface area contributed by atoms with Gasteiger partial charge < -0.3 is 5.32 Å². The Labute approximate surface area is 122 Å². The van der Waals surface area contributed by atoms with Crippen molar-refractivity contribution in [3.63, 3.8) is 0 Å². The van der Waals surface area contributed by atoms with Crippen LogP contribution in [-0.4, -0.2) is 4.98 Å². The maximum Gasteiger partial charge on any atom is 0.130 e. The number of anilines is 2. The molecule has 2 aromatic rings. The van der Waals surface area contributed by atoms with Crippen LogP contribution in [0.5, 0.6) is 0 Å². The van der Waals surface area contributed by atoms with Crippen molar-refractivity contribution >= 4 is 55.0 Å². The minimum atomic E-state index is 0.690. The zero-order valence-corrected chi connectivity index (χ0v) is 12.9. The molecule has 0 fully saturated rings. The van der Waals surface area contributed by atoms with Gasteiger partial charge in [0.05, 0.1) is 10.7 Å². The SMILES string of the molecule is Cc1nc(Nc2ccc(Cl)c(Br)c2)ccc1Br. The summed E-state index contributed by atoms with van der Waals surface area (Å²) < 4.78 is 1.86. The number of benzene rings is 1. The van der Waals surface area contributed by atoms with Crippen LogP contribution in [-0.2, 0) is 0 Å². The van der Waals surface area contributed by atoms with Crippen molar-refractivity contribution in [2.45, 2.75) is 6.92 Å². The number of aryl methyl sites for hydroxylation is 1. The number of nitrogens with zero attached hydrogens (tertiary/aromatic N) is 1. The van der Waals surface area contributed by atoms with Crippen LogP contribution >= 0.6 is 43.5 Å². The molecule has 1 N–H and O–H groups in total. The largest absolute Gasteiger partial charge is 0.340 e. The van der Waals surface area contributed by atoms with Crippen molar-refractivity contribution in [3.8, 4) is 0 Å². The summed E-state index contributed by atoms with van der Waals surface area (Å²) in [4.78, 5) is 4.41. The number of aromatic nitrogens is 1. The molecule has 17 heavy (non-hydrogen) atoms. The first kappa shape index (κ1) is 12.9. The minimum Gasteiger partial charge on any atom is -0.340 e. The summed E-state index contributed by atoms with van der Waals surface area (Å²) in [5, 5.41) is 3.91. The molecule has 0 spiro atoms. The molecular formula is C12H9Br2ClN2. The number of nitrogens with one attached hydrogen (secondary N) is 1. The molecule has 0 atom stereocenters. The summed E-state index contributed by atoms with van der Waals surface area (Å²) in [6.07, 6.45) is 0. The standard InChI is InChI=1S/C12H9Br2ClN2/c1-7-9(13)3-5-12(16-7)17-8-2-4-11(15)10(14)6-8/h2-6H,1H3,(H,16,17). The second-order valence-corrected chi connectivity index (χ2v) is 5.63. The van der Waals surface area contributed by atoms with E-state index in [1.54, 1.807) is 0 Å². The van der Waals surface area contributed by atoms with E-state index in [0.29, 0.717) is 5.02 Å². The highest BCUT2D eigenvalue weighted by Gasteiger charge is 2.02. The van der Waals surface area contributed by atoms with E-state index in [-0.39, 0.29) is 0 Å². The van der Waals surface area contributed by atoms with Gasteiger partial charge in [-0.05, 0) is 69.1 Å². The van der Waals surface area contributed by atoms with Gasteiger partial charge in [-0.15, -0.1) is 0 Å². The van der Waals surface area contributed by atoms with Crippen LogP contribution in [0.25, 0.3) is 0 Å². The molecule has 0 bridgehead atoms. The maximum absolute atomic E-state index is 5.93. The van der Waals surface area contributed by atoms with Gasteiger partial charge in [-0.3, -0.25) is 0 Å². The van der Waals surface area contributed by atoms with E-state index in [1.165, 1.54) is 0 Å². The molecule has 1 heterocycles. The van der Waals surface area contributed by atoms with Gasteiger partial charge in [-0.2, -0.15) is 0 Å². The van der Waals surface area contributed by atoms with E-state index in [1.807, 2.05) is 37.3 Å². The predicted molar refractivity (Wildman–Crippen MR) is 79.1 cm³/mol. The molecule has 0 saturated heterocycles. The van der Waals surface area contributed by atoms with Gasteiger partial charge in [-0.1, -0.05) is 11.6 Å². The van der Waals surface area contributed by atoms with Crippen LogP contribution in [0.2, 0.25) is 5.02 Å². The lowest BCUT2D eigenvalue weighted by molar-refractivity contribution is 1.18. The van der Waals surface area contributed by atoms with Crippen molar-refractivity contribution in [2.24, 2.45) is 0 Å². The molecule has 2 nitrogen and oxygen atoms in total. The van der Waals surface area contributed by atoms with Crippen molar-refractivity contribution < 1.29 is 0 Å². The average molecular weight is 376 g/mol. The first-order chi connectivity index (χ1) is 8.06. The minimum absolute atomic E-state index is 0.690. The van der Waals surface area contributed by atoms with Gasteiger partial charge in [0, 0.05) is 14.6 Å². The van der Waals surface area contributed by atoms with Gasteiger partial charge >= 0.3 is 0 Å². The van der Waals surface area contributed by atoms with Crippen LogP contribution in [0.1, 0.15) is 5.69 Å².